The van der Waals surface area contributed by atoms with Gasteiger partial charge in [0.05, 0.1) is 0 Å². The van der Waals surface area contributed by atoms with Crippen molar-refractivity contribution in [2.45, 2.75) is 26.9 Å². The van der Waals surface area contributed by atoms with Gasteiger partial charge in [0.15, 0.2) is 5.58 Å². The zero-order chi connectivity index (χ0) is 20.2. The smallest absolute Gasteiger partial charge is 0.221 e. The second-order valence-electron chi connectivity index (χ2n) is 6.75. The first-order valence-electron chi connectivity index (χ1n) is 9.54. The quantitative estimate of drug-likeness (QED) is 0.407. The van der Waals surface area contributed by atoms with Crippen LogP contribution in [0.25, 0.3) is 23.3 Å². The average Bonchev–Trinajstić information content (AvgIpc) is 3.14. The Labute approximate surface area is 168 Å². The lowest BCUT2D eigenvalue weighted by Gasteiger charge is -2.12. The van der Waals surface area contributed by atoms with Crippen molar-refractivity contribution < 1.29 is 13.5 Å². The summed E-state index contributed by atoms with van der Waals surface area (Å²) in [6.45, 7) is 4.51. The molecule has 0 saturated carbocycles. The predicted octanol–water partition coefficient (Wildman–Crippen LogP) is 5.98. The highest BCUT2D eigenvalue weighted by atomic mass is 19.1. The third-order valence-corrected chi connectivity index (χ3v) is 4.68. The molecule has 4 aromatic rings. The van der Waals surface area contributed by atoms with Crippen molar-refractivity contribution in [3.8, 4) is 5.88 Å². The Bertz CT molecular complexity index is 1170. The highest BCUT2D eigenvalue weighted by Crippen LogP contribution is 2.25. The van der Waals surface area contributed by atoms with Gasteiger partial charge in [-0.25, -0.2) is 14.4 Å². The molecule has 2 aromatic carbocycles. The molecule has 0 saturated heterocycles. The van der Waals surface area contributed by atoms with Gasteiger partial charge in [0.2, 0.25) is 11.8 Å². The Morgan fingerprint density at radius 2 is 1.86 bits per heavy atom. The molecule has 0 amide bonds. The molecule has 2 aromatic heterocycles. The van der Waals surface area contributed by atoms with Crippen LogP contribution in [0.1, 0.15) is 35.2 Å². The molecule has 0 bridgehead atoms. The minimum Gasteiger partial charge on any atom is -0.472 e. The van der Waals surface area contributed by atoms with Crippen molar-refractivity contribution in [2.75, 3.05) is 0 Å². The van der Waals surface area contributed by atoms with E-state index in [-0.39, 0.29) is 5.82 Å². The summed E-state index contributed by atoms with van der Waals surface area (Å²) >= 11 is 0. The lowest BCUT2D eigenvalue weighted by molar-refractivity contribution is 0.292. The number of halogens is 1. The number of pyridine rings is 1. The van der Waals surface area contributed by atoms with E-state index in [1.165, 1.54) is 12.1 Å². The molecule has 5 heteroatoms. The van der Waals surface area contributed by atoms with Crippen molar-refractivity contribution >= 4 is 23.3 Å². The second-order valence-corrected chi connectivity index (χ2v) is 6.75. The first-order chi connectivity index (χ1) is 14.1. The van der Waals surface area contributed by atoms with Gasteiger partial charge in [0.25, 0.3) is 0 Å². The largest absolute Gasteiger partial charge is 0.472 e. The Morgan fingerprint density at radius 1 is 1.03 bits per heavy atom. The fraction of sp³-hybridized carbons (Fsp3) is 0.167. The van der Waals surface area contributed by atoms with Crippen molar-refractivity contribution in [3.05, 3.63) is 88.7 Å². The number of nitrogens with zero attached hydrogens (tertiary/aromatic N) is 2. The lowest BCUT2D eigenvalue weighted by atomic mass is 10.1. The SMILES string of the molecule is CCc1cc(/C=C/c2nc3ccc(F)cc3o2)c(OCc2ccccc2)nc1C. The molecule has 0 aliphatic heterocycles. The van der Waals surface area contributed by atoms with Crippen molar-refractivity contribution in [3.63, 3.8) is 0 Å². The molecular weight excluding hydrogens is 367 g/mol. The second kappa shape index (κ2) is 8.27. The summed E-state index contributed by atoms with van der Waals surface area (Å²) in [5.41, 5.74) is 5.05. The summed E-state index contributed by atoms with van der Waals surface area (Å²) in [6, 6.07) is 16.3. The van der Waals surface area contributed by atoms with Crippen LogP contribution < -0.4 is 4.74 Å². The molecule has 0 fully saturated rings. The molecule has 0 N–H and O–H groups in total. The molecule has 4 nitrogen and oxygen atoms in total. The third kappa shape index (κ3) is 4.35. The zero-order valence-corrected chi connectivity index (χ0v) is 16.4. The van der Waals surface area contributed by atoms with E-state index >= 15 is 0 Å². The van der Waals surface area contributed by atoms with E-state index in [1.807, 2.05) is 43.3 Å². The van der Waals surface area contributed by atoms with Crippen LogP contribution in [0.5, 0.6) is 5.88 Å². The molecule has 0 aliphatic rings. The predicted molar refractivity (Wildman–Crippen MR) is 112 cm³/mol. The topological polar surface area (TPSA) is 48.2 Å². The minimum atomic E-state index is -0.351. The fourth-order valence-corrected chi connectivity index (χ4v) is 3.11. The monoisotopic (exact) mass is 388 g/mol. The van der Waals surface area contributed by atoms with Crippen LogP contribution in [0.15, 0.2) is 59.0 Å². The number of ether oxygens (including phenoxy) is 1. The first kappa shape index (κ1) is 18.9. The van der Waals surface area contributed by atoms with E-state index in [0.717, 1.165) is 28.8 Å². The van der Waals surface area contributed by atoms with E-state index in [0.29, 0.717) is 29.5 Å². The average molecular weight is 388 g/mol. The molecule has 4 rings (SSSR count). The Hall–Kier alpha value is -3.47. The number of rotatable bonds is 6. The van der Waals surface area contributed by atoms with Gasteiger partial charge < -0.3 is 9.15 Å². The molecule has 146 valence electrons. The Balaban J connectivity index is 1.63. The van der Waals surface area contributed by atoms with Crippen LogP contribution in [-0.4, -0.2) is 9.97 Å². The number of aryl methyl sites for hydroxylation is 2. The number of aromatic nitrogens is 2. The van der Waals surface area contributed by atoms with Crippen LogP contribution in [0, 0.1) is 12.7 Å². The van der Waals surface area contributed by atoms with Gasteiger partial charge in [-0.1, -0.05) is 37.3 Å². The van der Waals surface area contributed by atoms with Crippen LogP contribution in [0.4, 0.5) is 4.39 Å². The molecule has 29 heavy (non-hydrogen) atoms. The Kier molecular flexibility index (Phi) is 5.38. The van der Waals surface area contributed by atoms with Gasteiger partial charge in [-0.2, -0.15) is 0 Å². The standard InChI is InChI=1S/C24H21FN2O2/c1-3-18-13-19(9-12-23-27-21-11-10-20(25)14-22(21)29-23)24(26-16(18)2)28-15-17-7-5-4-6-8-17/h4-14H,3,15H2,1-2H3/b12-9+. The maximum atomic E-state index is 13.4. The highest BCUT2D eigenvalue weighted by Gasteiger charge is 2.10. The maximum absolute atomic E-state index is 13.4. The third-order valence-electron chi connectivity index (χ3n) is 4.68. The molecule has 0 unspecified atom stereocenters. The van der Waals surface area contributed by atoms with E-state index < -0.39 is 0 Å². The van der Waals surface area contributed by atoms with E-state index in [2.05, 4.69) is 23.0 Å². The highest BCUT2D eigenvalue weighted by molar-refractivity contribution is 5.76. The van der Waals surface area contributed by atoms with Crippen LogP contribution in [0.3, 0.4) is 0 Å². The number of hydrogen-bond acceptors (Lipinski definition) is 4. The van der Waals surface area contributed by atoms with E-state index in [4.69, 9.17) is 9.15 Å². The van der Waals surface area contributed by atoms with Crippen LogP contribution >= 0.6 is 0 Å². The molecule has 2 heterocycles. The summed E-state index contributed by atoms with van der Waals surface area (Å²) in [7, 11) is 0. The van der Waals surface area contributed by atoms with Crippen LogP contribution in [0.2, 0.25) is 0 Å². The summed E-state index contributed by atoms with van der Waals surface area (Å²) in [5, 5.41) is 0. The molecule has 0 spiro atoms. The van der Waals surface area contributed by atoms with Gasteiger partial charge in [-0.15, -0.1) is 0 Å². The number of fused-ring (bicyclic) bond motifs is 1. The maximum Gasteiger partial charge on any atom is 0.221 e. The number of oxazole rings is 1. The summed E-state index contributed by atoms with van der Waals surface area (Å²) in [6.07, 6.45) is 4.49. The molecule has 0 aliphatic carbocycles. The normalized spacial score (nSPS) is 11.4. The minimum absolute atomic E-state index is 0.351. The molecule has 0 atom stereocenters. The van der Waals surface area contributed by atoms with Gasteiger partial charge in [-0.3, -0.25) is 0 Å². The van der Waals surface area contributed by atoms with Crippen LogP contribution in [-0.2, 0) is 13.0 Å². The number of benzene rings is 2. The van der Waals surface area contributed by atoms with Crippen molar-refractivity contribution in [1.29, 1.82) is 0 Å². The summed E-state index contributed by atoms with van der Waals surface area (Å²) in [4.78, 5) is 9.02. The molecular formula is C24H21FN2O2. The number of hydrogen-bond donors (Lipinski definition) is 0. The fourth-order valence-electron chi connectivity index (χ4n) is 3.11. The summed E-state index contributed by atoms with van der Waals surface area (Å²) in [5.74, 6) is 0.608. The van der Waals surface area contributed by atoms with Crippen molar-refractivity contribution in [1.82, 2.24) is 9.97 Å². The van der Waals surface area contributed by atoms with E-state index in [1.54, 1.807) is 12.1 Å². The van der Waals surface area contributed by atoms with Gasteiger partial charge in [0.1, 0.15) is 17.9 Å². The summed E-state index contributed by atoms with van der Waals surface area (Å²) < 4.78 is 25.0. The first-order valence-corrected chi connectivity index (χ1v) is 9.54. The van der Waals surface area contributed by atoms with Gasteiger partial charge >= 0.3 is 0 Å². The molecule has 0 radical (unpaired) electrons. The van der Waals surface area contributed by atoms with Gasteiger partial charge in [-0.05, 0) is 48.7 Å². The zero-order valence-electron chi connectivity index (χ0n) is 16.4. The Morgan fingerprint density at radius 3 is 2.66 bits per heavy atom. The van der Waals surface area contributed by atoms with Crippen molar-refractivity contribution in [2.24, 2.45) is 0 Å². The van der Waals surface area contributed by atoms with Gasteiger partial charge in [0, 0.05) is 23.4 Å². The lowest BCUT2D eigenvalue weighted by Crippen LogP contribution is -2.02. The van der Waals surface area contributed by atoms with E-state index in [9.17, 15) is 4.39 Å².